The summed E-state index contributed by atoms with van der Waals surface area (Å²) in [5.74, 6) is -1.59. The zero-order chi connectivity index (χ0) is 12.3. The lowest BCUT2D eigenvalue weighted by Crippen LogP contribution is -2.38. The number of nitrogens with one attached hydrogen (secondary N) is 1. The average Bonchev–Trinajstić information content (AvgIpc) is 2.13. The number of phenols is 1. The van der Waals surface area contributed by atoms with E-state index in [0.29, 0.717) is 0 Å². The molecule has 0 unspecified atom stereocenters. The van der Waals surface area contributed by atoms with E-state index in [1.54, 1.807) is 0 Å². The summed E-state index contributed by atoms with van der Waals surface area (Å²) >= 11 is 0. The minimum Gasteiger partial charge on any atom is -0.507 e. The Bertz CT molecular complexity index is 399. The molecular weight excluding hydrogens is 213 g/mol. The lowest BCUT2D eigenvalue weighted by molar-refractivity contribution is 0.0693. The molecule has 0 heterocycles. The largest absolute Gasteiger partial charge is 0.507 e. The molecule has 0 aliphatic heterocycles. The minimum atomic E-state index is -1.04. The van der Waals surface area contributed by atoms with Crippen molar-refractivity contribution in [2.45, 2.75) is 19.4 Å². The summed E-state index contributed by atoms with van der Waals surface area (Å²) in [6.07, 6.45) is 0. The molecule has 1 amide bonds. The van der Waals surface area contributed by atoms with Crippen LogP contribution in [0, 0.1) is 5.82 Å². The van der Waals surface area contributed by atoms with Crippen LogP contribution in [0.2, 0.25) is 0 Å². The van der Waals surface area contributed by atoms with Crippen LogP contribution in [0.4, 0.5) is 4.39 Å². The number of aliphatic hydroxyl groups is 1. The summed E-state index contributed by atoms with van der Waals surface area (Å²) in [6, 6.07) is 3.13. The van der Waals surface area contributed by atoms with Gasteiger partial charge in [0.2, 0.25) is 0 Å². The molecule has 0 fully saturated rings. The molecule has 0 radical (unpaired) electrons. The number of rotatable bonds is 3. The molecule has 0 aromatic heterocycles. The lowest BCUT2D eigenvalue weighted by Gasteiger charge is -2.17. The molecule has 0 saturated carbocycles. The van der Waals surface area contributed by atoms with Gasteiger partial charge in [-0.2, -0.15) is 0 Å². The van der Waals surface area contributed by atoms with Crippen molar-refractivity contribution in [3.8, 4) is 5.75 Å². The first-order chi connectivity index (χ1) is 7.29. The second-order valence-corrected chi connectivity index (χ2v) is 4.16. The van der Waals surface area contributed by atoms with Crippen LogP contribution in [0.25, 0.3) is 0 Å². The fourth-order valence-electron chi connectivity index (χ4n) is 1.09. The van der Waals surface area contributed by atoms with E-state index in [9.17, 15) is 19.4 Å². The third-order valence-electron chi connectivity index (χ3n) is 1.89. The predicted molar refractivity (Wildman–Crippen MR) is 56.7 cm³/mol. The fraction of sp³-hybridized carbons (Fsp3) is 0.364. The van der Waals surface area contributed by atoms with E-state index in [-0.39, 0.29) is 12.1 Å². The number of halogens is 1. The van der Waals surface area contributed by atoms with Gasteiger partial charge in [-0.15, -0.1) is 0 Å². The molecule has 3 N–H and O–H groups in total. The van der Waals surface area contributed by atoms with Gasteiger partial charge in [-0.3, -0.25) is 4.79 Å². The third-order valence-corrected chi connectivity index (χ3v) is 1.89. The Balaban J connectivity index is 2.74. The van der Waals surface area contributed by atoms with Crippen LogP contribution in [0.1, 0.15) is 24.2 Å². The van der Waals surface area contributed by atoms with Crippen molar-refractivity contribution in [3.05, 3.63) is 29.6 Å². The van der Waals surface area contributed by atoms with Gasteiger partial charge < -0.3 is 15.5 Å². The van der Waals surface area contributed by atoms with Crippen LogP contribution in [0.15, 0.2) is 18.2 Å². The highest BCUT2D eigenvalue weighted by Crippen LogP contribution is 2.17. The Labute approximate surface area is 92.7 Å². The topological polar surface area (TPSA) is 69.6 Å². The highest BCUT2D eigenvalue weighted by Gasteiger charge is 2.16. The molecule has 0 saturated heterocycles. The second-order valence-electron chi connectivity index (χ2n) is 4.16. The molecule has 0 aliphatic rings. The average molecular weight is 227 g/mol. The Hall–Kier alpha value is -1.62. The minimum absolute atomic E-state index is 0.0225. The number of carbonyl (C=O) groups is 1. The molecule has 1 rings (SSSR count). The van der Waals surface area contributed by atoms with E-state index in [2.05, 4.69) is 5.32 Å². The molecule has 0 aliphatic carbocycles. The molecule has 16 heavy (non-hydrogen) atoms. The Morgan fingerprint density at radius 2 is 2.12 bits per heavy atom. The number of hydrogen-bond donors (Lipinski definition) is 3. The van der Waals surface area contributed by atoms with Crippen molar-refractivity contribution in [3.63, 3.8) is 0 Å². The quantitative estimate of drug-likeness (QED) is 0.722. The van der Waals surface area contributed by atoms with Crippen LogP contribution in [0.3, 0.4) is 0 Å². The zero-order valence-corrected chi connectivity index (χ0v) is 9.12. The molecule has 0 atom stereocenters. The molecule has 88 valence electrons. The maximum Gasteiger partial charge on any atom is 0.255 e. The van der Waals surface area contributed by atoms with Gasteiger partial charge in [-0.05, 0) is 26.0 Å². The summed E-state index contributed by atoms with van der Waals surface area (Å²) in [5.41, 5.74) is -1.06. The Kier molecular flexibility index (Phi) is 3.49. The maximum absolute atomic E-state index is 12.7. The molecular formula is C11H14FNO3. The summed E-state index contributed by atoms with van der Waals surface area (Å²) in [6.45, 7) is 3.12. The number of aromatic hydroxyl groups is 1. The van der Waals surface area contributed by atoms with Gasteiger partial charge in [0, 0.05) is 12.6 Å². The molecule has 0 spiro atoms. The van der Waals surface area contributed by atoms with E-state index >= 15 is 0 Å². The number of hydrogen-bond acceptors (Lipinski definition) is 3. The van der Waals surface area contributed by atoms with Gasteiger partial charge >= 0.3 is 0 Å². The molecule has 5 heteroatoms. The van der Waals surface area contributed by atoms with E-state index in [4.69, 9.17) is 0 Å². The normalized spacial score (nSPS) is 11.2. The van der Waals surface area contributed by atoms with Crippen molar-refractivity contribution < 1.29 is 19.4 Å². The van der Waals surface area contributed by atoms with E-state index < -0.39 is 23.1 Å². The molecule has 1 aromatic carbocycles. The van der Waals surface area contributed by atoms with Crippen LogP contribution in [0.5, 0.6) is 5.75 Å². The van der Waals surface area contributed by atoms with Gasteiger partial charge in [0.05, 0.1) is 11.2 Å². The SMILES string of the molecule is CC(C)(O)CNC(=O)c1ccc(F)cc1O. The van der Waals surface area contributed by atoms with Crippen molar-refractivity contribution >= 4 is 5.91 Å². The van der Waals surface area contributed by atoms with Crippen molar-refractivity contribution in [2.75, 3.05) is 6.54 Å². The number of phenolic OH excluding ortho intramolecular Hbond substituents is 1. The number of amides is 1. The third kappa shape index (κ3) is 3.51. The molecule has 1 aromatic rings. The van der Waals surface area contributed by atoms with Crippen LogP contribution in [-0.4, -0.2) is 28.3 Å². The summed E-state index contributed by atoms with van der Waals surface area (Å²) < 4.78 is 12.7. The van der Waals surface area contributed by atoms with Crippen LogP contribution < -0.4 is 5.32 Å². The predicted octanol–water partition coefficient (Wildman–Crippen LogP) is 1.03. The highest BCUT2D eigenvalue weighted by molar-refractivity contribution is 5.96. The first kappa shape index (κ1) is 12.4. The Morgan fingerprint density at radius 3 is 2.62 bits per heavy atom. The van der Waals surface area contributed by atoms with Crippen molar-refractivity contribution in [2.24, 2.45) is 0 Å². The smallest absolute Gasteiger partial charge is 0.255 e. The van der Waals surface area contributed by atoms with E-state index in [1.807, 2.05) is 0 Å². The monoisotopic (exact) mass is 227 g/mol. The van der Waals surface area contributed by atoms with Gasteiger partial charge in [0.15, 0.2) is 0 Å². The zero-order valence-electron chi connectivity index (χ0n) is 9.12. The number of benzene rings is 1. The van der Waals surface area contributed by atoms with Gasteiger partial charge in [0.25, 0.3) is 5.91 Å². The Morgan fingerprint density at radius 1 is 1.50 bits per heavy atom. The highest BCUT2D eigenvalue weighted by atomic mass is 19.1. The van der Waals surface area contributed by atoms with Gasteiger partial charge in [0.1, 0.15) is 11.6 Å². The lowest BCUT2D eigenvalue weighted by atomic mass is 10.1. The maximum atomic E-state index is 12.7. The summed E-state index contributed by atoms with van der Waals surface area (Å²) in [5, 5.41) is 21.1. The molecule has 4 nitrogen and oxygen atoms in total. The van der Waals surface area contributed by atoms with Crippen molar-refractivity contribution in [1.82, 2.24) is 5.32 Å². The van der Waals surface area contributed by atoms with E-state index in [0.717, 1.165) is 12.1 Å². The van der Waals surface area contributed by atoms with E-state index in [1.165, 1.54) is 19.9 Å². The second kappa shape index (κ2) is 4.49. The standard InChI is InChI=1S/C11H14FNO3/c1-11(2,16)6-13-10(15)8-4-3-7(12)5-9(8)14/h3-5,14,16H,6H2,1-2H3,(H,13,15). The van der Waals surface area contributed by atoms with Crippen molar-refractivity contribution in [1.29, 1.82) is 0 Å². The fourth-order valence-corrected chi connectivity index (χ4v) is 1.09. The van der Waals surface area contributed by atoms with Crippen LogP contribution >= 0.6 is 0 Å². The van der Waals surface area contributed by atoms with Gasteiger partial charge in [-0.1, -0.05) is 0 Å². The first-order valence-corrected chi connectivity index (χ1v) is 4.79. The summed E-state index contributed by atoms with van der Waals surface area (Å²) in [4.78, 5) is 11.5. The summed E-state index contributed by atoms with van der Waals surface area (Å²) in [7, 11) is 0. The van der Waals surface area contributed by atoms with Gasteiger partial charge in [-0.25, -0.2) is 4.39 Å². The van der Waals surface area contributed by atoms with Crippen LogP contribution in [-0.2, 0) is 0 Å². The number of carbonyl (C=O) groups excluding carboxylic acids is 1. The molecule has 0 bridgehead atoms. The first-order valence-electron chi connectivity index (χ1n) is 4.79.